The van der Waals surface area contributed by atoms with Crippen LogP contribution in [0.25, 0.3) is 0 Å². The number of allylic oxidation sites excluding steroid dienone is 1. The lowest BCUT2D eigenvalue weighted by Gasteiger charge is -2.23. The highest BCUT2D eigenvalue weighted by Crippen LogP contribution is 2.30. The van der Waals surface area contributed by atoms with Crippen LogP contribution < -0.4 is 0 Å². The summed E-state index contributed by atoms with van der Waals surface area (Å²) in [6.07, 6.45) is 15.2. The molecule has 0 unspecified atom stereocenters. The van der Waals surface area contributed by atoms with E-state index in [1.165, 1.54) is 5.57 Å². The molecule has 0 heterocycles. The van der Waals surface area contributed by atoms with Crippen LogP contribution in [0.4, 0.5) is 0 Å². The summed E-state index contributed by atoms with van der Waals surface area (Å²) in [5.74, 6) is -0.187. The van der Waals surface area contributed by atoms with E-state index in [2.05, 4.69) is 6.58 Å². The Kier molecular flexibility index (Phi) is 27.9. The Morgan fingerprint density at radius 2 is 0.717 bits per heavy atom. The van der Waals surface area contributed by atoms with Crippen LogP contribution in [0.15, 0.2) is 12.2 Å². The van der Waals surface area contributed by atoms with Crippen LogP contribution in [-0.4, -0.2) is 62.0 Å². The normalized spacial score (nSPS) is 12.1. The zero-order chi connectivity index (χ0) is 41.1. The van der Waals surface area contributed by atoms with E-state index in [0.29, 0.717) is 32.3 Å². The second-order valence-electron chi connectivity index (χ2n) is 17.1. The van der Waals surface area contributed by atoms with Crippen molar-refractivity contribution < 1.29 is 43.2 Å². The molecular formula is C44H82O9. The fraction of sp³-hybridized carbons (Fsp3) is 0.864. The van der Waals surface area contributed by atoms with Crippen molar-refractivity contribution in [3.8, 4) is 0 Å². The van der Waals surface area contributed by atoms with Crippen LogP contribution in [0.5, 0.6) is 0 Å². The number of hydrogen-bond donors (Lipinski definition) is 1. The Hall–Kier alpha value is -2.42. The van der Waals surface area contributed by atoms with Gasteiger partial charge in [0.25, 0.3) is 0 Å². The summed E-state index contributed by atoms with van der Waals surface area (Å²) in [6.45, 7) is 28.9. The van der Waals surface area contributed by atoms with E-state index in [0.717, 1.165) is 103 Å². The number of hydrogen-bond acceptors (Lipinski definition) is 9. The first-order valence-electron chi connectivity index (χ1n) is 20.6. The summed E-state index contributed by atoms with van der Waals surface area (Å²) in [4.78, 5) is 47.5. The lowest BCUT2D eigenvalue weighted by Crippen LogP contribution is -2.26. The van der Waals surface area contributed by atoms with Crippen molar-refractivity contribution in [2.45, 2.75) is 186 Å². The molecule has 0 aliphatic heterocycles. The van der Waals surface area contributed by atoms with Gasteiger partial charge in [0, 0.05) is 6.61 Å². The lowest BCUT2D eigenvalue weighted by atomic mass is 9.85. The third kappa shape index (κ3) is 24.6. The Morgan fingerprint density at radius 1 is 0.472 bits per heavy atom. The maximum absolute atomic E-state index is 11.9. The molecule has 312 valence electrons. The number of carbonyl (C=O) groups is 4. The number of rotatable bonds is 29. The third-order valence-corrected chi connectivity index (χ3v) is 10.1. The maximum Gasteiger partial charge on any atom is 0.311 e. The molecule has 0 aromatic carbocycles. The third-order valence-electron chi connectivity index (χ3n) is 10.1. The molecule has 0 rings (SSSR count). The van der Waals surface area contributed by atoms with Crippen molar-refractivity contribution >= 4 is 23.9 Å². The molecule has 0 saturated heterocycles. The number of carbonyl (C=O) groups excluding carboxylic acids is 4. The molecule has 0 aromatic rings. The first-order chi connectivity index (χ1) is 24.7. The monoisotopic (exact) mass is 755 g/mol. The molecule has 0 aliphatic rings. The van der Waals surface area contributed by atoms with Gasteiger partial charge in [-0.1, -0.05) is 50.7 Å². The van der Waals surface area contributed by atoms with Gasteiger partial charge >= 0.3 is 23.9 Å². The number of aliphatic hydroxyl groups is 1. The second kappa shape index (κ2) is 28.1. The molecule has 0 radical (unpaired) electrons. The molecule has 0 spiro atoms. The van der Waals surface area contributed by atoms with Crippen LogP contribution in [0.1, 0.15) is 186 Å². The van der Waals surface area contributed by atoms with Crippen molar-refractivity contribution in [1.29, 1.82) is 0 Å². The smallest absolute Gasteiger partial charge is 0.311 e. The molecule has 0 aromatic heterocycles. The van der Waals surface area contributed by atoms with Gasteiger partial charge in [-0.2, -0.15) is 0 Å². The van der Waals surface area contributed by atoms with Gasteiger partial charge in [0.15, 0.2) is 0 Å². The molecule has 0 atom stereocenters. The van der Waals surface area contributed by atoms with Gasteiger partial charge in [0.1, 0.15) is 0 Å². The second-order valence-corrected chi connectivity index (χ2v) is 17.1. The van der Waals surface area contributed by atoms with Gasteiger partial charge in [-0.05, 0) is 153 Å². The summed E-state index contributed by atoms with van der Waals surface area (Å²) in [5, 5.41) is 9.61. The average molecular weight is 755 g/mol. The Bertz CT molecular complexity index is 963. The van der Waals surface area contributed by atoms with E-state index in [1.807, 2.05) is 83.1 Å². The number of ether oxygens (including phenoxy) is 4. The van der Waals surface area contributed by atoms with Gasteiger partial charge in [0.05, 0.1) is 48.1 Å². The van der Waals surface area contributed by atoms with Gasteiger partial charge in [-0.25, -0.2) is 0 Å². The predicted molar refractivity (Wildman–Crippen MR) is 215 cm³/mol. The van der Waals surface area contributed by atoms with Crippen molar-refractivity contribution in [3.05, 3.63) is 12.2 Å². The summed E-state index contributed by atoms with van der Waals surface area (Å²) < 4.78 is 20.5. The maximum atomic E-state index is 11.9. The SMILES string of the molecule is C=C(CCCCC(C)(C)C(=O)OCC)CCCCC(C)(C)C(=O)OCC.CCOC(=O)C(C)(C)CCCCC(CO)CCCCC(C)(C)C(=O)OCC. The van der Waals surface area contributed by atoms with Crippen molar-refractivity contribution in [3.63, 3.8) is 0 Å². The molecule has 9 nitrogen and oxygen atoms in total. The fourth-order valence-corrected chi connectivity index (χ4v) is 6.05. The molecule has 1 N–H and O–H groups in total. The van der Waals surface area contributed by atoms with Crippen LogP contribution >= 0.6 is 0 Å². The molecule has 0 fully saturated rings. The standard InChI is InChI=1S/C22H42O5.C22H40O4/c1-7-26-19(24)21(3,4)15-11-9-13-18(17-23)14-10-12-16-22(5,6)20(25)27-8-2;1-8-25-19(23)21(4,5)16-12-10-14-18(3)15-11-13-17-22(6,7)20(24)26-9-2/h18,23H,7-17H2,1-6H3;3,8-17H2,1-2,4-7H3. The average Bonchev–Trinajstić information content (AvgIpc) is 3.08. The lowest BCUT2D eigenvalue weighted by molar-refractivity contribution is -0.154. The Balaban J connectivity index is 0. The quantitative estimate of drug-likeness (QED) is 0.0344. The molecule has 0 bridgehead atoms. The van der Waals surface area contributed by atoms with E-state index >= 15 is 0 Å². The van der Waals surface area contributed by atoms with Crippen LogP contribution in [0.2, 0.25) is 0 Å². The van der Waals surface area contributed by atoms with Gasteiger partial charge in [0.2, 0.25) is 0 Å². The molecule has 9 heteroatoms. The van der Waals surface area contributed by atoms with E-state index in [9.17, 15) is 24.3 Å². The van der Waals surface area contributed by atoms with E-state index in [-0.39, 0.29) is 30.5 Å². The fourth-order valence-electron chi connectivity index (χ4n) is 6.05. The zero-order valence-electron chi connectivity index (χ0n) is 36.3. The minimum atomic E-state index is -0.441. The van der Waals surface area contributed by atoms with Crippen LogP contribution in [-0.2, 0) is 38.1 Å². The Labute approximate surface area is 325 Å². The summed E-state index contributed by atoms with van der Waals surface area (Å²) >= 11 is 0. The van der Waals surface area contributed by atoms with Gasteiger partial charge in [-0.3, -0.25) is 19.2 Å². The minimum absolute atomic E-state index is 0.108. The highest BCUT2D eigenvalue weighted by atomic mass is 16.5. The van der Waals surface area contributed by atoms with E-state index < -0.39 is 21.7 Å². The molecule has 0 saturated carbocycles. The first kappa shape index (κ1) is 52.7. The van der Waals surface area contributed by atoms with Gasteiger partial charge in [-0.15, -0.1) is 0 Å². The summed E-state index contributed by atoms with van der Waals surface area (Å²) in [5.41, 5.74) is -0.438. The number of esters is 4. The summed E-state index contributed by atoms with van der Waals surface area (Å²) in [7, 11) is 0. The molecule has 0 amide bonds. The van der Waals surface area contributed by atoms with Crippen molar-refractivity contribution in [2.75, 3.05) is 33.0 Å². The van der Waals surface area contributed by atoms with E-state index in [4.69, 9.17) is 18.9 Å². The number of aliphatic hydroxyl groups excluding tert-OH is 1. The molecular weight excluding hydrogens is 672 g/mol. The van der Waals surface area contributed by atoms with Crippen LogP contribution in [0.3, 0.4) is 0 Å². The van der Waals surface area contributed by atoms with Crippen molar-refractivity contribution in [1.82, 2.24) is 0 Å². The molecule has 0 aliphatic carbocycles. The summed E-state index contributed by atoms with van der Waals surface area (Å²) in [6, 6.07) is 0. The number of unbranched alkanes of at least 4 members (excludes halogenated alkanes) is 4. The minimum Gasteiger partial charge on any atom is -0.466 e. The first-order valence-corrected chi connectivity index (χ1v) is 20.6. The highest BCUT2D eigenvalue weighted by molar-refractivity contribution is 5.77. The topological polar surface area (TPSA) is 125 Å². The Morgan fingerprint density at radius 3 is 0.943 bits per heavy atom. The zero-order valence-corrected chi connectivity index (χ0v) is 36.3. The predicted octanol–water partition coefficient (Wildman–Crippen LogP) is 10.7. The van der Waals surface area contributed by atoms with Crippen LogP contribution in [0, 0.1) is 27.6 Å². The van der Waals surface area contributed by atoms with Gasteiger partial charge < -0.3 is 24.1 Å². The van der Waals surface area contributed by atoms with E-state index in [1.54, 1.807) is 0 Å². The largest absolute Gasteiger partial charge is 0.466 e. The van der Waals surface area contributed by atoms with Crippen molar-refractivity contribution in [2.24, 2.45) is 27.6 Å². The highest BCUT2D eigenvalue weighted by Gasteiger charge is 2.31. The molecule has 53 heavy (non-hydrogen) atoms.